The number of aromatic nitrogens is 2. The molecule has 120 valence electrons. The van der Waals surface area contributed by atoms with Gasteiger partial charge in [-0.25, -0.2) is 9.78 Å². The fraction of sp³-hybridized carbons (Fsp3) is 0.176. The molecule has 0 bridgehead atoms. The molecule has 1 aromatic heterocycles. The minimum atomic E-state index is -1.09. The number of fused-ring (bicyclic) bond motifs is 1. The summed E-state index contributed by atoms with van der Waals surface area (Å²) in [6.07, 6.45) is 0.323. The molecule has 4 nitrogen and oxygen atoms in total. The summed E-state index contributed by atoms with van der Waals surface area (Å²) in [5, 5.41) is 9.77. The Kier molecular flexibility index (Phi) is 4.32. The lowest BCUT2D eigenvalue weighted by molar-refractivity contribution is 0.0697. The minimum absolute atomic E-state index is 0.0234. The van der Waals surface area contributed by atoms with E-state index in [0.717, 1.165) is 22.4 Å². The van der Waals surface area contributed by atoms with Crippen LogP contribution in [0, 0.1) is 6.92 Å². The van der Waals surface area contributed by atoms with Gasteiger partial charge in [0.25, 0.3) is 0 Å². The highest BCUT2D eigenvalue weighted by molar-refractivity contribution is 6.38. The van der Waals surface area contributed by atoms with Crippen LogP contribution in [0.25, 0.3) is 11.0 Å². The van der Waals surface area contributed by atoms with Crippen LogP contribution in [0.3, 0.4) is 0 Å². The van der Waals surface area contributed by atoms with E-state index < -0.39 is 5.97 Å². The Bertz CT molecular complexity index is 983. The molecular weight excluding hydrogens is 346 g/mol. The van der Waals surface area contributed by atoms with Gasteiger partial charge in [-0.15, -0.1) is 0 Å². The van der Waals surface area contributed by atoms with Gasteiger partial charge in [-0.1, -0.05) is 34.7 Å². The lowest BCUT2D eigenvalue weighted by atomic mass is 9.94. The van der Waals surface area contributed by atoms with Gasteiger partial charge in [0.05, 0.1) is 21.6 Å². The molecule has 2 radical (unpaired) electrons. The number of halogens is 2. The molecule has 0 unspecified atom stereocenters. The Morgan fingerprint density at radius 2 is 2.04 bits per heavy atom. The third-order valence-corrected chi connectivity index (χ3v) is 4.83. The fourth-order valence-electron chi connectivity index (χ4n) is 2.77. The summed E-state index contributed by atoms with van der Waals surface area (Å²) in [5.41, 5.74) is 3.96. The number of carboxylic acids is 1. The molecule has 0 aliphatic rings. The lowest BCUT2D eigenvalue weighted by Crippen LogP contribution is -2.05. The Morgan fingerprint density at radius 1 is 1.33 bits per heavy atom. The van der Waals surface area contributed by atoms with E-state index in [9.17, 15) is 9.90 Å². The van der Waals surface area contributed by atoms with Crippen LogP contribution in [0.1, 0.15) is 27.3 Å². The molecule has 0 atom stereocenters. The topological polar surface area (TPSA) is 55.1 Å². The number of carboxylic acid groups (broad SMARTS) is 1. The zero-order valence-electron chi connectivity index (χ0n) is 13.1. The zero-order valence-corrected chi connectivity index (χ0v) is 14.6. The summed E-state index contributed by atoms with van der Waals surface area (Å²) in [4.78, 5) is 15.9. The summed E-state index contributed by atoms with van der Waals surface area (Å²) in [6.45, 7) is 1.94. The Hall–Kier alpha value is -1.98. The van der Waals surface area contributed by atoms with Gasteiger partial charge in [-0.3, -0.25) is 0 Å². The van der Waals surface area contributed by atoms with Gasteiger partial charge in [-0.2, -0.15) is 0 Å². The average Bonchev–Trinajstić information content (AvgIpc) is 2.80. The molecular formula is C17H13BCl2N2O2. The van der Waals surface area contributed by atoms with Crippen molar-refractivity contribution in [3.05, 3.63) is 56.8 Å². The van der Waals surface area contributed by atoms with Gasteiger partial charge in [-0.05, 0) is 36.2 Å². The maximum Gasteiger partial charge on any atom is 0.337 e. The van der Waals surface area contributed by atoms with E-state index in [-0.39, 0.29) is 10.6 Å². The first-order valence-corrected chi connectivity index (χ1v) is 7.96. The van der Waals surface area contributed by atoms with Crippen LogP contribution in [-0.2, 0) is 13.5 Å². The highest BCUT2D eigenvalue weighted by atomic mass is 35.5. The number of hydrogen-bond donors (Lipinski definition) is 1. The van der Waals surface area contributed by atoms with Crippen LogP contribution in [0.4, 0.5) is 0 Å². The standard InChI is InChI=1S/C17H13BCl2N2O2/c1-8-5-9(18)6-13-16(8)21-14(22(13)2)7-11-12(19)4-3-10(15(11)20)17(23)24/h3-6H,7H2,1-2H3,(H,23,24). The molecule has 0 amide bonds. The smallest absolute Gasteiger partial charge is 0.337 e. The molecule has 0 aliphatic heterocycles. The van der Waals surface area contributed by atoms with Gasteiger partial charge >= 0.3 is 5.97 Å². The van der Waals surface area contributed by atoms with Crippen LogP contribution in [0.5, 0.6) is 0 Å². The molecule has 7 heteroatoms. The van der Waals surface area contributed by atoms with Gasteiger partial charge < -0.3 is 9.67 Å². The number of rotatable bonds is 3. The number of benzene rings is 2. The van der Waals surface area contributed by atoms with Gasteiger partial charge in [0.15, 0.2) is 0 Å². The lowest BCUT2D eigenvalue weighted by Gasteiger charge is -2.09. The van der Waals surface area contributed by atoms with Crippen LogP contribution >= 0.6 is 23.2 Å². The molecule has 0 saturated heterocycles. The monoisotopic (exact) mass is 358 g/mol. The van der Waals surface area contributed by atoms with Crippen molar-refractivity contribution in [3.8, 4) is 0 Å². The predicted molar refractivity (Wildman–Crippen MR) is 97.1 cm³/mol. The molecule has 3 rings (SSSR count). The summed E-state index contributed by atoms with van der Waals surface area (Å²) in [6, 6.07) is 6.66. The second kappa shape index (κ2) is 6.15. The van der Waals surface area contributed by atoms with Crippen molar-refractivity contribution in [1.82, 2.24) is 9.55 Å². The first-order valence-electron chi connectivity index (χ1n) is 7.21. The van der Waals surface area contributed by atoms with Crippen LogP contribution < -0.4 is 5.46 Å². The van der Waals surface area contributed by atoms with E-state index in [4.69, 9.17) is 31.0 Å². The Balaban J connectivity index is 2.14. The van der Waals surface area contributed by atoms with Crippen molar-refractivity contribution in [1.29, 1.82) is 0 Å². The van der Waals surface area contributed by atoms with Crippen molar-refractivity contribution in [2.75, 3.05) is 0 Å². The number of nitrogens with zero attached hydrogens (tertiary/aromatic N) is 2. The molecule has 0 aliphatic carbocycles. The van der Waals surface area contributed by atoms with Crippen molar-refractivity contribution in [3.63, 3.8) is 0 Å². The number of carbonyl (C=O) groups is 1. The number of aryl methyl sites for hydroxylation is 2. The first-order chi connectivity index (χ1) is 11.3. The van der Waals surface area contributed by atoms with Crippen molar-refractivity contribution < 1.29 is 9.90 Å². The summed E-state index contributed by atoms with van der Waals surface area (Å²) >= 11 is 12.5. The maximum atomic E-state index is 11.3. The van der Waals surface area contributed by atoms with Gasteiger partial charge in [0, 0.05) is 18.5 Å². The molecule has 0 saturated carbocycles. The summed E-state index contributed by atoms with van der Waals surface area (Å²) in [7, 11) is 7.79. The molecule has 24 heavy (non-hydrogen) atoms. The molecule has 3 aromatic rings. The van der Waals surface area contributed by atoms with Gasteiger partial charge in [0.2, 0.25) is 0 Å². The third-order valence-electron chi connectivity index (χ3n) is 4.04. The second-order valence-corrected chi connectivity index (χ2v) is 6.45. The summed E-state index contributed by atoms with van der Waals surface area (Å²) in [5.74, 6) is -0.364. The van der Waals surface area contributed by atoms with E-state index in [1.54, 1.807) is 0 Å². The van der Waals surface area contributed by atoms with Gasteiger partial charge in [0.1, 0.15) is 13.7 Å². The number of imidazole rings is 1. The van der Waals surface area contributed by atoms with Crippen LogP contribution in [0.15, 0.2) is 24.3 Å². The van der Waals surface area contributed by atoms with E-state index in [1.165, 1.54) is 12.1 Å². The molecule has 1 N–H and O–H groups in total. The zero-order chi connectivity index (χ0) is 17.6. The van der Waals surface area contributed by atoms with E-state index >= 15 is 0 Å². The first kappa shape index (κ1) is 16.9. The SMILES string of the molecule is [B]c1cc(C)c2nc(Cc3c(Cl)ccc(C(=O)O)c3Cl)n(C)c2c1. The predicted octanol–water partition coefficient (Wildman–Crippen LogP) is 3.27. The fourth-order valence-corrected chi connectivity index (χ4v) is 3.36. The average molecular weight is 359 g/mol. The van der Waals surface area contributed by atoms with E-state index in [1.807, 2.05) is 30.7 Å². The van der Waals surface area contributed by atoms with Crippen LogP contribution in [-0.4, -0.2) is 28.5 Å². The van der Waals surface area contributed by atoms with E-state index in [2.05, 4.69) is 4.98 Å². The van der Waals surface area contributed by atoms with Crippen LogP contribution in [0.2, 0.25) is 10.0 Å². The largest absolute Gasteiger partial charge is 0.478 e. The highest BCUT2D eigenvalue weighted by Gasteiger charge is 2.18. The molecule has 0 spiro atoms. The number of hydrogen-bond acceptors (Lipinski definition) is 2. The summed E-state index contributed by atoms with van der Waals surface area (Å²) < 4.78 is 1.92. The maximum absolute atomic E-state index is 11.3. The molecule has 2 aromatic carbocycles. The second-order valence-electron chi connectivity index (χ2n) is 5.66. The van der Waals surface area contributed by atoms with E-state index in [0.29, 0.717) is 22.5 Å². The number of aromatic carboxylic acids is 1. The minimum Gasteiger partial charge on any atom is -0.478 e. The van der Waals surface area contributed by atoms with Crippen molar-refractivity contribution >= 4 is 53.5 Å². The molecule has 0 fully saturated rings. The van der Waals surface area contributed by atoms with Crippen molar-refractivity contribution in [2.24, 2.45) is 7.05 Å². The quantitative estimate of drug-likeness (QED) is 0.731. The van der Waals surface area contributed by atoms with Crippen molar-refractivity contribution in [2.45, 2.75) is 13.3 Å². The Morgan fingerprint density at radius 3 is 2.71 bits per heavy atom. The normalized spacial score (nSPS) is 11.2. The third kappa shape index (κ3) is 2.78. The highest BCUT2D eigenvalue weighted by Crippen LogP contribution is 2.31. The Labute approximate surface area is 150 Å². The molecule has 1 heterocycles.